The van der Waals surface area contributed by atoms with Gasteiger partial charge in [-0.05, 0) is 37.9 Å². The van der Waals surface area contributed by atoms with E-state index in [0.717, 1.165) is 31.7 Å². The average Bonchev–Trinajstić information content (AvgIpc) is 2.47. The Kier molecular flexibility index (Phi) is 5.17. The SMILES string of the molecule is CCCCN1CCC(Oc2ccc(C#N)nc2)CC1. The van der Waals surface area contributed by atoms with Crippen molar-refractivity contribution >= 4 is 0 Å². The number of aromatic nitrogens is 1. The maximum absolute atomic E-state index is 8.69. The number of hydrogen-bond acceptors (Lipinski definition) is 4. The van der Waals surface area contributed by atoms with E-state index < -0.39 is 0 Å². The van der Waals surface area contributed by atoms with E-state index in [2.05, 4.69) is 16.8 Å². The van der Waals surface area contributed by atoms with Crippen molar-refractivity contribution in [3.63, 3.8) is 0 Å². The van der Waals surface area contributed by atoms with E-state index in [0.29, 0.717) is 5.69 Å². The molecule has 1 aromatic rings. The molecule has 0 N–H and O–H groups in total. The largest absolute Gasteiger partial charge is 0.489 e. The van der Waals surface area contributed by atoms with E-state index in [1.54, 1.807) is 12.3 Å². The average molecular weight is 259 g/mol. The van der Waals surface area contributed by atoms with E-state index in [1.807, 2.05) is 12.1 Å². The number of nitrogens with zero attached hydrogens (tertiary/aromatic N) is 3. The molecule has 0 radical (unpaired) electrons. The summed E-state index contributed by atoms with van der Waals surface area (Å²) < 4.78 is 5.91. The van der Waals surface area contributed by atoms with Crippen LogP contribution >= 0.6 is 0 Å². The first-order valence-corrected chi connectivity index (χ1v) is 7.07. The van der Waals surface area contributed by atoms with Gasteiger partial charge in [0.15, 0.2) is 0 Å². The van der Waals surface area contributed by atoms with Gasteiger partial charge >= 0.3 is 0 Å². The summed E-state index contributed by atoms with van der Waals surface area (Å²) in [7, 11) is 0. The summed E-state index contributed by atoms with van der Waals surface area (Å²) in [5.74, 6) is 0.769. The highest BCUT2D eigenvalue weighted by molar-refractivity contribution is 5.26. The van der Waals surface area contributed by atoms with E-state index >= 15 is 0 Å². The number of nitriles is 1. The minimum Gasteiger partial charge on any atom is -0.489 e. The molecule has 0 aliphatic carbocycles. The fraction of sp³-hybridized carbons (Fsp3) is 0.600. The zero-order valence-corrected chi connectivity index (χ0v) is 11.5. The Labute approximate surface area is 115 Å². The lowest BCUT2D eigenvalue weighted by Gasteiger charge is -2.31. The smallest absolute Gasteiger partial charge is 0.140 e. The zero-order valence-electron chi connectivity index (χ0n) is 11.5. The van der Waals surface area contributed by atoms with Crippen LogP contribution in [0.1, 0.15) is 38.3 Å². The number of likely N-dealkylation sites (tertiary alicyclic amines) is 1. The number of pyridine rings is 1. The Morgan fingerprint density at radius 1 is 1.42 bits per heavy atom. The molecule has 1 fully saturated rings. The summed E-state index contributed by atoms with van der Waals surface area (Å²) in [5, 5.41) is 8.69. The van der Waals surface area contributed by atoms with E-state index in [9.17, 15) is 0 Å². The van der Waals surface area contributed by atoms with Crippen LogP contribution < -0.4 is 4.74 Å². The first kappa shape index (κ1) is 13.8. The normalized spacial score (nSPS) is 17.1. The highest BCUT2D eigenvalue weighted by Crippen LogP contribution is 2.18. The second kappa shape index (κ2) is 7.10. The van der Waals surface area contributed by atoms with E-state index in [1.165, 1.54) is 19.4 Å². The minimum atomic E-state index is 0.285. The number of hydrogen-bond donors (Lipinski definition) is 0. The molecule has 0 saturated carbocycles. The Balaban J connectivity index is 1.77. The van der Waals surface area contributed by atoms with E-state index in [-0.39, 0.29) is 6.10 Å². The fourth-order valence-electron chi connectivity index (χ4n) is 2.34. The van der Waals surface area contributed by atoms with Gasteiger partial charge in [0.25, 0.3) is 0 Å². The standard InChI is InChI=1S/C15H21N3O/c1-2-3-8-18-9-6-14(7-10-18)19-15-5-4-13(11-16)17-12-15/h4-5,12,14H,2-3,6-10H2,1H3. The maximum Gasteiger partial charge on any atom is 0.140 e. The molecule has 0 unspecified atom stereocenters. The van der Waals surface area contributed by atoms with Crippen LogP contribution in [0.5, 0.6) is 5.75 Å². The zero-order chi connectivity index (χ0) is 13.5. The molecule has 1 aliphatic rings. The maximum atomic E-state index is 8.69. The number of ether oxygens (including phenoxy) is 1. The third-order valence-corrected chi connectivity index (χ3v) is 3.52. The van der Waals surface area contributed by atoms with Crippen molar-refractivity contribution in [2.75, 3.05) is 19.6 Å². The predicted molar refractivity (Wildman–Crippen MR) is 74.0 cm³/mol. The number of piperidine rings is 1. The van der Waals surface area contributed by atoms with Crippen LogP contribution in [0, 0.1) is 11.3 Å². The minimum absolute atomic E-state index is 0.285. The van der Waals surface area contributed by atoms with E-state index in [4.69, 9.17) is 10.00 Å². The van der Waals surface area contributed by atoms with Crippen molar-refractivity contribution < 1.29 is 4.74 Å². The van der Waals surface area contributed by atoms with Crippen LogP contribution in [-0.4, -0.2) is 35.6 Å². The molecule has 0 amide bonds. The van der Waals surface area contributed by atoms with Crippen molar-refractivity contribution in [1.29, 1.82) is 5.26 Å². The second-order valence-corrected chi connectivity index (χ2v) is 5.00. The Bertz CT molecular complexity index is 416. The molecule has 0 spiro atoms. The van der Waals surface area contributed by atoms with Gasteiger partial charge in [-0.1, -0.05) is 13.3 Å². The molecule has 4 nitrogen and oxygen atoms in total. The third-order valence-electron chi connectivity index (χ3n) is 3.52. The Hall–Kier alpha value is -1.60. The van der Waals surface area contributed by atoms with Crippen LogP contribution in [0.2, 0.25) is 0 Å². The molecule has 102 valence electrons. The molecule has 0 aromatic carbocycles. The van der Waals surface area contributed by atoms with Gasteiger partial charge < -0.3 is 9.64 Å². The molecule has 1 aliphatic heterocycles. The van der Waals surface area contributed by atoms with Crippen LogP contribution in [-0.2, 0) is 0 Å². The van der Waals surface area contributed by atoms with Crippen LogP contribution in [0.4, 0.5) is 0 Å². The van der Waals surface area contributed by atoms with Crippen molar-refractivity contribution in [2.45, 2.75) is 38.7 Å². The lowest BCUT2D eigenvalue weighted by Crippen LogP contribution is -2.38. The van der Waals surface area contributed by atoms with Crippen LogP contribution in [0.25, 0.3) is 0 Å². The molecule has 1 saturated heterocycles. The quantitative estimate of drug-likeness (QED) is 0.815. The second-order valence-electron chi connectivity index (χ2n) is 5.00. The molecular weight excluding hydrogens is 238 g/mol. The summed E-state index contributed by atoms with van der Waals surface area (Å²) in [6.07, 6.45) is 6.61. The van der Waals surface area contributed by atoms with Gasteiger partial charge in [0.1, 0.15) is 23.6 Å². The van der Waals surface area contributed by atoms with Crippen LogP contribution in [0.3, 0.4) is 0 Å². The van der Waals surface area contributed by atoms with Gasteiger partial charge in [0.05, 0.1) is 6.20 Å². The summed E-state index contributed by atoms with van der Waals surface area (Å²) >= 11 is 0. The number of rotatable bonds is 5. The summed E-state index contributed by atoms with van der Waals surface area (Å²) in [6.45, 7) is 5.68. The van der Waals surface area contributed by atoms with Crippen molar-refractivity contribution in [3.05, 3.63) is 24.0 Å². The monoisotopic (exact) mass is 259 g/mol. The molecule has 2 heterocycles. The molecule has 0 atom stereocenters. The Morgan fingerprint density at radius 2 is 2.21 bits per heavy atom. The van der Waals surface area contributed by atoms with Crippen molar-refractivity contribution in [2.24, 2.45) is 0 Å². The topological polar surface area (TPSA) is 49.1 Å². The lowest BCUT2D eigenvalue weighted by atomic mass is 10.1. The van der Waals surface area contributed by atoms with Gasteiger partial charge in [-0.15, -0.1) is 0 Å². The van der Waals surface area contributed by atoms with Gasteiger partial charge in [-0.25, -0.2) is 4.98 Å². The molecule has 1 aromatic heterocycles. The summed E-state index contributed by atoms with van der Waals surface area (Å²) in [6, 6.07) is 5.54. The van der Waals surface area contributed by atoms with Gasteiger partial charge in [-0.2, -0.15) is 5.26 Å². The number of unbranched alkanes of at least 4 members (excludes halogenated alkanes) is 1. The van der Waals surface area contributed by atoms with Gasteiger partial charge in [0.2, 0.25) is 0 Å². The molecule has 19 heavy (non-hydrogen) atoms. The lowest BCUT2D eigenvalue weighted by molar-refractivity contribution is 0.0995. The highest BCUT2D eigenvalue weighted by atomic mass is 16.5. The molecule has 2 rings (SSSR count). The Morgan fingerprint density at radius 3 is 2.79 bits per heavy atom. The van der Waals surface area contributed by atoms with Crippen molar-refractivity contribution in [1.82, 2.24) is 9.88 Å². The summed E-state index contributed by atoms with van der Waals surface area (Å²) in [4.78, 5) is 6.54. The van der Waals surface area contributed by atoms with Crippen LogP contribution in [0.15, 0.2) is 18.3 Å². The van der Waals surface area contributed by atoms with Gasteiger partial charge in [0, 0.05) is 13.1 Å². The predicted octanol–water partition coefficient (Wildman–Crippen LogP) is 2.60. The first-order valence-electron chi connectivity index (χ1n) is 7.07. The van der Waals surface area contributed by atoms with Crippen molar-refractivity contribution in [3.8, 4) is 11.8 Å². The molecular formula is C15H21N3O. The van der Waals surface area contributed by atoms with Gasteiger partial charge in [-0.3, -0.25) is 0 Å². The fourth-order valence-corrected chi connectivity index (χ4v) is 2.34. The molecule has 4 heteroatoms. The molecule has 0 bridgehead atoms. The highest BCUT2D eigenvalue weighted by Gasteiger charge is 2.19. The third kappa shape index (κ3) is 4.22. The summed E-state index contributed by atoms with van der Waals surface area (Å²) in [5.41, 5.74) is 0.432. The first-order chi connectivity index (χ1) is 9.31.